The number of rotatable bonds is 10. The Labute approximate surface area is 122 Å². The monoisotopic (exact) mass is 281 g/mol. The van der Waals surface area contributed by atoms with E-state index in [1.54, 1.807) is 0 Å². The fraction of sp³-hybridized carbons (Fsp3) is 0.625. The quantitative estimate of drug-likeness (QED) is 0.692. The van der Waals surface area contributed by atoms with Gasteiger partial charge in [-0.05, 0) is 43.9 Å². The maximum atomic E-state index is 5.88. The number of para-hydroxylation sites is 1. The summed E-state index contributed by atoms with van der Waals surface area (Å²) in [4.78, 5) is 0. The molecule has 0 aromatic heterocycles. The van der Waals surface area contributed by atoms with Crippen molar-refractivity contribution in [3.05, 3.63) is 29.8 Å². The molecule has 0 amide bonds. The predicted octanol–water partition coefficient (Wildman–Crippen LogP) is 4.27. The van der Waals surface area contributed by atoms with Gasteiger partial charge in [0.05, 0.1) is 6.61 Å². The van der Waals surface area contributed by atoms with Gasteiger partial charge in [0.25, 0.3) is 0 Å². The van der Waals surface area contributed by atoms with Crippen LogP contribution in [0.25, 0.3) is 0 Å². The van der Waals surface area contributed by atoms with E-state index in [1.807, 2.05) is 11.8 Å². The zero-order valence-corrected chi connectivity index (χ0v) is 13.3. The first-order valence-electron chi connectivity index (χ1n) is 7.27. The number of hydrogen-bond donors (Lipinski definition) is 1. The molecule has 0 radical (unpaired) electrons. The van der Waals surface area contributed by atoms with Crippen molar-refractivity contribution < 1.29 is 4.74 Å². The maximum absolute atomic E-state index is 5.88. The lowest BCUT2D eigenvalue weighted by molar-refractivity contribution is 0.309. The van der Waals surface area contributed by atoms with Crippen LogP contribution in [0.1, 0.15) is 44.7 Å². The van der Waals surface area contributed by atoms with E-state index < -0.39 is 0 Å². The van der Waals surface area contributed by atoms with Crippen molar-refractivity contribution >= 4 is 11.8 Å². The highest BCUT2D eigenvalue weighted by atomic mass is 32.2. The van der Waals surface area contributed by atoms with Gasteiger partial charge in [0.2, 0.25) is 0 Å². The molecule has 1 rings (SSSR count). The van der Waals surface area contributed by atoms with Crippen molar-refractivity contribution in [3.8, 4) is 5.75 Å². The number of ether oxygens (including phenoxy) is 1. The van der Waals surface area contributed by atoms with Crippen LogP contribution in [0.3, 0.4) is 0 Å². The van der Waals surface area contributed by atoms with Crippen LogP contribution in [0.4, 0.5) is 0 Å². The lowest BCUT2D eigenvalue weighted by atomic mass is 10.0. The molecule has 0 bridgehead atoms. The predicted molar refractivity (Wildman–Crippen MR) is 86.3 cm³/mol. The molecule has 2 nitrogen and oxygen atoms in total. The van der Waals surface area contributed by atoms with E-state index in [9.17, 15) is 0 Å². The fourth-order valence-electron chi connectivity index (χ4n) is 2.03. The average Bonchev–Trinajstić information content (AvgIpc) is 2.46. The minimum Gasteiger partial charge on any atom is -0.493 e. The van der Waals surface area contributed by atoms with Crippen LogP contribution in [-0.4, -0.2) is 25.2 Å². The Bertz CT molecular complexity index is 335. The van der Waals surface area contributed by atoms with E-state index in [2.05, 4.69) is 49.7 Å². The molecule has 0 fully saturated rings. The fourth-order valence-corrected chi connectivity index (χ4v) is 2.51. The summed E-state index contributed by atoms with van der Waals surface area (Å²) in [7, 11) is 0. The second kappa shape index (κ2) is 10.2. The van der Waals surface area contributed by atoms with Crippen LogP contribution in [0.15, 0.2) is 24.3 Å². The largest absolute Gasteiger partial charge is 0.493 e. The Morgan fingerprint density at radius 2 is 2.00 bits per heavy atom. The van der Waals surface area contributed by atoms with Crippen LogP contribution in [0, 0.1) is 0 Å². The van der Waals surface area contributed by atoms with Crippen molar-refractivity contribution in [2.75, 3.05) is 25.2 Å². The normalized spacial score (nSPS) is 12.4. The Kier molecular flexibility index (Phi) is 8.76. The summed E-state index contributed by atoms with van der Waals surface area (Å²) in [5.74, 6) is 2.21. The molecule has 0 heterocycles. The topological polar surface area (TPSA) is 21.3 Å². The smallest absolute Gasteiger partial charge is 0.124 e. The first kappa shape index (κ1) is 16.4. The van der Waals surface area contributed by atoms with Crippen LogP contribution in [0.2, 0.25) is 0 Å². The Morgan fingerprint density at radius 3 is 2.68 bits per heavy atom. The zero-order chi connectivity index (χ0) is 13.9. The first-order chi connectivity index (χ1) is 9.33. The summed E-state index contributed by atoms with van der Waals surface area (Å²) in [5.41, 5.74) is 1.30. The molecule has 1 unspecified atom stereocenters. The van der Waals surface area contributed by atoms with Gasteiger partial charge in [-0.15, -0.1) is 0 Å². The SMILES string of the molecule is CCCNC(CCSC)c1ccccc1OCCC. The second-order valence-electron chi connectivity index (χ2n) is 4.67. The summed E-state index contributed by atoms with van der Waals surface area (Å²) < 4.78 is 5.88. The van der Waals surface area contributed by atoms with E-state index >= 15 is 0 Å². The van der Waals surface area contributed by atoms with Gasteiger partial charge in [-0.3, -0.25) is 0 Å². The van der Waals surface area contributed by atoms with Gasteiger partial charge in [-0.2, -0.15) is 11.8 Å². The number of hydrogen-bond acceptors (Lipinski definition) is 3. The molecule has 3 heteroatoms. The second-order valence-corrected chi connectivity index (χ2v) is 5.66. The number of benzene rings is 1. The third-order valence-corrected chi connectivity index (χ3v) is 3.65. The van der Waals surface area contributed by atoms with Crippen molar-refractivity contribution in [3.63, 3.8) is 0 Å². The van der Waals surface area contributed by atoms with Crippen molar-refractivity contribution in [1.29, 1.82) is 0 Å². The van der Waals surface area contributed by atoms with E-state index in [0.29, 0.717) is 6.04 Å². The van der Waals surface area contributed by atoms with Crippen molar-refractivity contribution in [1.82, 2.24) is 5.32 Å². The first-order valence-corrected chi connectivity index (χ1v) is 8.66. The maximum Gasteiger partial charge on any atom is 0.124 e. The summed E-state index contributed by atoms with van der Waals surface area (Å²) in [6, 6.07) is 8.84. The highest BCUT2D eigenvalue weighted by Gasteiger charge is 2.14. The van der Waals surface area contributed by atoms with E-state index in [-0.39, 0.29) is 0 Å². The Morgan fingerprint density at radius 1 is 1.21 bits per heavy atom. The Hall–Kier alpha value is -0.670. The van der Waals surface area contributed by atoms with Crippen LogP contribution < -0.4 is 10.1 Å². The lowest BCUT2D eigenvalue weighted by Gasteiger charge is -2.21. The van der Waals surface area contributed by atoms with E-state index in [1.165, 1.54) is 11.3 Å². The molecule has 0 aliphatic heterocycles. The molecule has 0 saturated heterocycles. The third-order valence-electron chi connectivity index (χ3n) is 3.01. The molecule has 19 heavy (non-hydrogen) atoms. The number of nitrogens with one attached hydrogen (secondary N) is 1. The third kappa shape index (κ3) is 5.87. The van der Waals surface area contributed by atoms with Gasteiger partial charge in [-0.25, -0.2) is 0 Å². The highest BCUT2D eigenvalue weighted by molar-refractivity contribution is 7.98. The molecule has 1 aromatic rings. The van der Waals surface area contributed by atoms with Gasteiger partial charge in [0.15, 0.2) is 0 Å². The molecule has 0 aliphatic rings. The van der Waals surface area contributed by atoms with Crippen molar-refractivity contribution in [2.24, 2.45) is 0 Å². The molecular formula is C16H27NOS. The van der Waals surface area contributed by atoms with Gasteiger partial charge in [0, 0.05) is 11.6 Å². The molecule has 0 spiro atoms. The zero-order valence-electron chi connectivity index (χ0n) is 12.4. The van der Waals surface area contributed by atoms with Crippen LogP contribution >= 0.6 is 11.8 Å². The van der Waals surface area contributed by atoms with Crippen LogP contribution in [-0.2, 0) is 0 Å². The Balaban J connectivity index is 2.79. The van der Waals surface area contributed by atoms with Gasteiger partial charge in [0.1, 0.15) is 5.75 Å². The van der Waals surface area contributed by atoms with E-state index in [0.717, 1.165) is 38.2 Å². The summed E-state index contributed by atoms with van der Waals surface area (Å²) in [6.45, 7) is 6.20. The molecule has 0 saturated carbocycles. The summed E-state index contributed by atoms with van der Waals surface area (Å²) >= 11 is 1.90. The highest BCUT2D eigenvalue weighted by Crippen LogP contribution is 2.28. The van der Waals surface area contributed by atoms with Crippen molar-refractivity contribution in [2.45, 2.75) is 39.2 Å². The van der Waals surface area contributed by atoms with Crippen LogP contribution in [0.5, 0.6) is 5.75 Å². The molecular weight excluding hydrogens is 254 g/mol. The van der Waals surface area contributed by atoms with E-state index in [4.69, 9.17) is 4.74 Å². The molecule has 1 aromatic carbocycles. The standard InChI is InChI=1S/C16H27NOS/c1-4-11-17-15(10-13-19-3)14-8-6-7-9-16(14)18-12-5-2/h6-9,15,17H,4-5,10-13H2,1-3H3. The lowest BCUT2D eigenvalue weighted by Crippen LogP contribution is -2.23. The van der Waals surface area contributed by atoms with Gasteiger partial charge < -0.3 is 10.1 Å². The molecule has 108 valence electrons. The minimum absolute atomic E-state index is 0.403. The summed E-state index contributed by atoms with van der Waals surface area (Å²) in [6.07, 6.45) is 5.52. The number of thioether (sulfide) groups is 1. The van der Waals surface area contributed by atoms with Gasteiger partial charge >= 0.3 is 0 Å². The van der Waals surface area contributed by atoms with Gasteiger partial charge in [-0.1, -0.05) is 32.0 Å². The molecule has 0 aliphatic carbocycles. The molecule has 1 atom stereocenters. The average molecular weight is 281 g/mol. The minimum atomic E-state index is 0.403. The molecule has 1 N–H and O–H groups in total. The summed E-state index contributed by atoms with van der Waals surface area (Å²) in [5, 5.41) is 3.64.